The molecule has 0 atom stereocenters. The second kappa shape index (κ2) is 6.02. The predicted molar refractivity (Wildman–Crippen MR) is 82.7 cm³/mol. The molecule has 0 saturated carbocycles. The van der Waals surface area contributed by atoms with E-state index in [2.05, 4.69) is 13.8 Å². The van der Waals surface area contributed by atoms with E-state index in [0.717, 1.165) is 34.8 Å². The molecule has 1 aliphatic carbocycles. The van der Waals surface area contributed by atoms with Crippen molar-refractivity contribution in [1.29, 1.82) is 0 Å². The molecule has 1 aliphatic rings. The molecular weight excluding hydrogens is 279 g/mol. The maximum atomic E-state index is 6.44. The fraction of sp³-hybridized carbons (Fsp3) is 0.375. The number of allylic oxidation sites excluding steroid dienone is 4. The molecule has 0 unspecified atom stereocenters. The lowest BCUT2D eigenvalue weighted by Crippen LogP contribution is -2.04. The Morgan fingerprint density at radius 1 is 1.00 bits per heavy atom. The van der Waals surface area contributed by atoms with Crippen molar-refractivity contribution in [1.82, 2.24) is 0 Å². The molecule has 1 aromatic rings. The lowest BCUT2D eigenvalue weighted by Gasteiger charge is -2.22. The SMILES string of the molecule is COc1ccc(C2=C(Cl)C(Cl)=C(C(C)C)CC2)cc1. The third kappa shape index (κ3) is 2.98. The van der Waals surface area contributed by atoms with Crippen LogP contribution < -0.4 is 4.74 Å². The summed E-state index contributed by atoms with van der Waals surface area (Å²) in [6.45, 7) is 4.31. The van der Waals surface area contributed by atoms with Gasteiger partial charge in [0.25, 0.3) is 0 Å². The van der Waals surface area contributed by atoms with Gasteiger partial charge in [-0.25, -0.2) is 0 Å². The minimum Gasteiger partial charge on any atom is -0.497 e. The Bertz CT molecular complexity index is 524. The van der Waals surface area contributed by atoms with Crippen LogP contribution in [-0.2, 0) is 0 Å². The smallest absolute Gasteiger partial charge is 0.118 e. The minimum absolute atomic E-state index is 0.443. The van der Waals surface area contributed by atoms with Gasteiger partial charge in [0.05, 0.1) is 17.2 Å². The molecule has 0 N–H and O–H groups in total. The van der Waals surface area contributed by atoms with Crippen molar-refractivity contribution in [2.24, 2.45) is 5.92 Å². The van der Waals surface area contributed by atoms with E-state index in [1.807, 2.05) is 24.3 Å². The van der Waals surface area contributed by atoms with Crippen molar-refractivity contribution in [3.05, 3.63) is 45.5 Å². The van der Waals surface area contributed by atoms with Crippen LogP contribution in [0, 0.1) is 5.92 Å². The fourth-order valence-corrected chi connectivity index (χ4v) is 3.11. The van der Waals surface area contributed by atoms with E-state index in [-0.39, 0.29) is 0 Å². The topological polar surface area (TPSA) is 9.23 Å². The summed E-state index contributed by atoms with van der Waals surface area (Å²) in [6, 6.07) is 7.95. The number of halogens is 2. The van der Waals surface area contributed by atoms with Crippen molar-refractivity contribution < 1.29 is 4.74 Å². The van der Waals surface area contributed by atoms with Gasteiger partial charge in [0.15, 0.2) is 0 Å². The Morgan fingerprint density at radius 3 is 2.16 bits per heavy atom. The first-order valence-corrected chi connectivity index (χ1v) is 7.22. The molecule has 19 heavy (non-hydrogen) atoms. The molecule has 0 heterocycles. The summed E-state index contributed by atoms with van der Waals surface area (Å²) in [5, 5.41) is 1.43. The van der Waals surface area contributed by atoms with Crippen LogP contribution in [0.3, 0.4) is 0 Å². The highest BCUT2D eigenvalue weighted by atomic mass is 35.5. The van der Waals surface area contributed by atoms with Gasteiger partial charge < -0.3 is 4.74 Å². The first kappa shape index (κ1) is 14.5. The van der Waals surface area contributed by atoms with E-state index in [4.69, 9.17) is 27.9 Å². The zero-order valence-electron chi connectivity index (χ0n) is 11.5. The molecule has 0 aromatic heterocycles. The molecule has 3 heteroatoms. The molecule has 0 saturated heterocycles. The largest absolute Gasteiger partial charge is 0.497 e. The van der Waals surface area contributed by atoms with E-state index in [0.29, 0.717) is 11.0 Å². The van der Waals surface area contributed by atoms with Gasteiger partial charge >= 0.3 is 0 Å². The highest BCUT2D eigenvalue weighted by Gasteiger charge is 2.21. The van der Waals surface area contributed by atoms with Crippen LogP contribution in [0.1, 0.15) is 32.3 Å². The van der Waals surface area contributed by atoms with Crippen LogP contribution in [0.4, 0.5) is 0 Å². The molecule has 0 spiro atoms. The van der Waals surface area contributed by atoms with Gasteiger partial charge in [0.1, 0.15) is 5.75 Å². The summed E-state index contributed by atoms with van der Waals surface area (Å²) < 4.78 is 5.17. The Labute approximate surface area is 124 Å². The number of hydrogen-bond acceptors (Lipinski definition) is 1. The van der Waals surface area contributed by atoms with Crippen LogP contribution in [0.25, 0.3) is 5.57 Å². The zero-order chi connectivity index (χ0) is 14.0. The van der Waals surface area contributed by atoms with Gasteiger partial charge in [0, 0.05) is 0 Å². The number of benzene rings is 1. The number of rotatable bonds is 3. The predicted octanol–water partition coefficient (Wildman–Crippen LogP) is 5.59. The number of ether oxygens (including phenoxy) is 1. The third-order valence-electron chi connectivity index (χ3n) is 3.52. The van der Waals surface area contributed by atoms with E-state index >= 15 is 0 Å². The van der Waals surface area contributed by atoms with E-state index < -0.39 is 0 Å². The van der Waals surface area contributed by atoms with Crippen molar-refractivity contribution in [2.45, 2.75) is 26.7 Å². The average Bonchev–Trinajstić information content (AvgIpc) is 2.41. The Kier molecular flexibility index (Phi) is 4.59. The van der Waals surface area contributed by atoms with Gasteiger partial charge in [-0.3, -0.25) is 0 Å². The third-order valence-corrected chi connectivity index (χ3v) is 4.46. The highest BCUT2D eigenvalue weighted by Crippen LogP contribution is 2.42. The molecule has 0 amide bonds. The van der Waals surface area contributed by atoms with Gasteiger partial charge in [-0.2, -0.15) is 0 Å². The van der Waals surface area contributed by atoms with E-state index in [9.17, 15) is 0 Å². The lowest BCUT2D eigenvalue weighted by atomic mass is 9.88. The van der Waals surface area contributed by atoms with Crippen LogP contribution in [-0.4, -0.2) is 7.11 Å². The maximum absolute atomic E-state index is 6.44. The van der Waals surface area contributed by atoms with Crippen LogP contribution in [0.5, 0.6) is 5.75 Å². The second-order valence-corrected chi connectivity index (χ2v) is 5.77. The summed E-state index contributed by atoms with van der Waals surface area (Å²) in [6.07, 6.45) is 1.92. The van der Waals surface area contributed by atoms with Gasteiger partial charge in [0.2, 0.25) is 0 Å². The first-order valence-electron chi connectivity index (χ1n) is 6.46. The minimum atomic E-state index is 0.443. The molecule has 2 rings (SSSR count). The molecule has 0 bridgehead atoms. The number of methoxy groups -OCH3 is 1. The second-order valence-electron chi connectivity index (χ2n) is 5.01. The van der Waals surface area contributed by atoms with E-state index in [1.54, 1.807) is 7.11 Å². The quantitative estimate of drug-likeness (QED) is 0.707. The van der Waals surface area contributed by atoms with Crippen LogP contribution in [0.15, 0.2) is 39.9 Å². The monoisotopic (exact) mass is 296 g/mol. The van der Waals surface area contributed by atoms with Crippen molar-refractivity contribution in [3.63, 3.8) is 0 Å². The van der Waals surface area contributed by atoms with Crippen molar-refractivity contribution >= 4 is 28.8 Å². The number of hydrogen-bond donors (Lipinski definition) is 0. The summed E-state index contributed by atoms with van der Waals surface area (Å²) >= 11 is 12.8. The summed E-state index contributed by atoms with van der Waals surface area (Å²) in [7, 11) is 1.66. The molecule has 0 radical (unpaired) electrons. The normalized spacial score (nSPS) is 16.3. The summed E-state index contributed by atoms with van der Waals surface area (Å²) in [4.78, 5) is 0. The molecule has 0 aliphatic heterocycles. The van der Waals surface area contributed by atoms with Gasteiger partial charge in [-0.15, -0.1) is 0 Å². The Balaban J connectivity index is 2.39. The van der Waals surface area contributed by atoms with Crippen LogP contribution >= 0.6 is 23.2 Å². The summed E-state index contributed by atoms with van der Waals surface area (Å²) in [5.41, 5.74) is 3.49. The van der Waals surface area contributed by atoms with E-state index in [1.165, 1.54) is 5.57 Å². The van der Waals surface area contributed by atoms with Crippen molar-refractivity contribution in [3.8, 4) is 5.75 Å². The molecule has 1 aromatic carbocycles. The highest BCUT2D eigenvalue weighted by molar-refractivity contribution is 6.46. The molecule has 102 valence electrons. The Hall–Kier alpha value is -0.920. The zero-order valence-corrected chi connectivity index (χ0v) is 13.0. The average molecular weight is 297 g/mol. The maximum Gasteiger partial charge on any atom is 0.118 e. The fourth-order valence-electron chi connectivity index (χ4n) is 2.36. The van der Waals surface area contributed by atoms with Crippen LogP contribution in [0.2, 0.25) is 0 Å². The van der Waals surface area contributed by atoms with Crippen molar-refractivity contribution in [2.75, 3.05) is 7.11 Å². The molecule has 0 fully saturated rings. The lowest BCUT2D eigenvalue weighted by molar-refractivity contribution is 0.415. The standard InChI is InChI=1S/C16H18Cl2O/c1-10(2)13-8-9-14(16(18)15(13)17)11-4-6-12(19-3)7-5-11/h4-7,10H,8-9H2,1-3H3. The summed E-state index contributed by atoms with van der Waals surface area (Å²) in [5.74, 6) is 1.29. The first-order chi connectivity index (χ1) is 9.04. The molecular formula is C16H18Cl2O. The van der Waals surface area contributed by atoms with Gasteiger partial charge in [-0.05, 0) is 47.6 Å². The van der Waals surface area contributed by atoms with Gasteiger partial charge in [-0.1, -0.05) is 49.2 Å². The Morgan fingerprint density at radius 2 is 1.63 bits per heavy atom. The molecule has 1 nitrogen and oxygen atoms in total.